The molecule has 1 unspecified atom stereocenters. The van der Waals surface area contributed by atoms with E-state index in [2.05, 4.69) is 5.32 Å². The molecule has 0 saturated heterocycles. The molecule has 1 aliphatic carbocycles. The Morgan fingerprint density at radius 3 is 2.58 bits per heavy atom. The number of carboxylic acids is 1. The van der Waals surface area contributed by atoms with Crippen LogP contribution in [0.4, 0.5) is 5.69 Å². The van der Waals surface area contributed by atoms with Crippen LogP contribution in [0.5, 0.6) is 11.5 Å². The molecular formula is C28H33N3O7. The summed E-state index contributed by atoms with van der Waals surface area (Å²) in [5, 5.41) is 12.2. The van der Waals surface area contributed by atoms with Gasteiger partial charge in [0.2, 0.25) is 11.8 Å². The highest BCUT2D eigenvalue weighted by Crippen LogP contribution is 2.40. The van der Waals surface area contributed by atoms with Crippen LogP contribution < -0.4 is 14.8 Å². The monoisotopic (exact) mass is 523 g/mol. The number of methoxy groups -OCH3 is 1. The van der Waals surface area contributed by atoms with Crippen LogP contribution in [0, 0.1) is 5.92 Å². The number of carbonyl (C=O) groups excluding carboxylic acids is 3. The molecule has 2 aromatic carbocycles. The van der Waals surface area contributed by atoms with Crippen molar-refractivity contribution in [2.75, 3.05) is 32.1 Å². The summed E-state index contributed by atoms with van der Waals surface area (Å²) in [5.74, 6) is -0.729. The van der Waals surface area contributed by atoms with E-state index in [0.29, 0.717) is 42.3 Å². The Hall–Kier alpha value is -4.08. The molecule has 202 valence electrons. The Labute approximate surface area is 221 Å². The average molecular weight is 524 g/mol. The predicted octanol–water partition coefficient (Wildman–Crippen LogP) is 3.46. The van der Waals surface area contributed by atoms with Crippen LogP contribution in [0.25, 0.3) is 0 Å². The van der Waals surface area contributed by atoms with E-state index in [4.69, 9.17) is 9.47 Å². The molecule has 0 radical (unpaired) electrons. The van der Waals surface area contributed by atoms with Crippen molar-refractivity contribution in [3.8, 4) is 11.5 Å². The van der Waals surface area contributed by atoms with Crippen LogP contribution in [0.3, 0.4) is 0 Å². The zero-order valence-electron chi connectivity index (χ0n) is 21.9. The summed E-state index contributed by atoms with van der Waals surface area (Å²) < 4.78 is 11.2. The van der Waals surface area contributed by atoms with Gasteiger partial charge in [0.1, 0.15) is 6.54 Å². The summed E-state index contributed by atoms with van der Waals surface area (Å²) in [4.78, 5) is 52.7. The summed E-state index contributed by atoms with van der Waals surface area (Å²) >= 11 is 0. The minimum atomic E-state index is -1.11. The Kier molecular flexibility index (Phi) is 8.19. The number of carbonyl (C=O) groups is 4. The number of nitrogens with one attached hydrogen (secondary N) is 1. The first-order valence-electron chi connectivity index (χ1n) is 12.7. The molecule has 1 atom stereocenters. The molecule has 2 aliphatic rings. The Balaban J connectivity index is 1.67. The zero-order chi connectivity index (χ0) is 27.4. The first kappa shape index (κ1) is 27.0. The van der Waals surface area contributed by atoms with Gasteiger partial charge < -0.3 is 29.7 Å². The minimum absolute atomic E-state index is 0.00528. The third kappa shape index (κ3) is 5.90. The molecule has 0 aromatic heterocycles. The van der Waals surface area contributed by atoms with Crippen molar-refractivity contribution in [1.29, 1.82) is 0 Å². The van der Waals surface area contributed by atoms with Crippen LogP contribution in [0.2, 0.25) is 0 Å². The second-order valence-corrected chi connectivity index (χ2v) is 9.52. The van der Waals surface area contributed by atoms with E-state index >= 15 is 0 Å². The molecule has 0 bridgehead atoms. The van der Waals surface area contributed by atoms with E-state index < -0.39 is 18.6 Å². The number of fused-ring (bicyclic) bond motifs is 1. The smallest absolute Gasteiger partial charge is 0.323 e. The molecule has 2 N–H and O–H groups in total. The maximum absolute atomic E-state index is 13.8. The van der Waals surface area contributed by atoms with E-state index in [9.17, 15) is 24.3 Å². The number of amides is 3. The topological polar surface area (TPSA) is 125 Å². The molecule has 0 spiro atoms. The molecule has 10 nitrogen and oxygen atoms in total. The fourth-order valence-corrected chi connectivity index (χ4v) is 4.78. The third-order valence-corrected chi connectivity index (χ3v) is 6.86. The molecule has 2 aromatic rings. The Morgan fingerprint density at radius 1 is 1.18 bits per heavy atom. The van der Waals surface area contributed by atoms with Crippen molar-refractivity contribution >= 4 is 29.4 Å². The van der Waals surface area contributed by atoms with Crippen LogP contribution in [-0.2, 0) is 20.9 Å². The van der Waals surface area contributed by atoms with Gasteiger partial charge in [-0.1, -0.05) is 18.2 Å². The van der Waals surface area contributed by atoms with Crippen molar-refractivity contribution in [2.45, 2.75) is 45.7 Å². The van der Waals surface area contributed by atoms with Crippen molar-refractivity contribution in [2.24, 2.45) is 5.92 Å². The van der Waals surface area contributed by atoms with Gasteiger partial charge in [0.05, 0.1) is 31.0 Å². The molecular weight excluding hydrogens is 490 g/mol. The van der Waals surface area contributed by atoms with Crippen LogP contribution in [0.1, 0.15) is 60.6 Å². The van der Waals surface area contributed by atoms with Crippen molar-refractivity contribution < 1.29 is 33.8 Å². The van der Waals surface area contributed by atoms with E-state index in [1.807, 2.05) is 31.2 Å². The van der Waals surface area contributed by atoms with E-state index in [-0.39, 0.29) is 30.2 Å². The van der Waals surface area contributed by atoms with E-state index in [1.165, 1.54) is 11.8 Å². The van der Waals surface area contributed by atoms with Crippen molar-refractivity contribution in [3.05, 3.63) is 53.1 Å². The lowest BCUT2D eigenvalue weighted by Gasteiger charge is -2.31. The highest BCUT2D eigenvalue weighted by Gasteiger charge is 2.37. The van der Waals surface area contributed by atoms with Gasteiger partial charge in [-0.05, 0) is 55.5 Å². The van der Waals surface area contributed by atoms with Gasteiger partial charge in [-0.3, -0.25) is 19.2 Å². The van der Waals surface area contributed by atoms with Gasteiger partial charge in [-0.2, -0.15) is 0 Å². The second kappa shape index (κ2) is 11.5. The summed E-state index contributed by atoms with van der Waals surface area (Å²) in [6, 6.07) is 10.3. The molecule has 38 heavy (non-hydrogen) atoms. The maximum atomic E-state index is 13.8. The summed E-state index contributed by atoms with van der Waals surface area (Å²) in [5.41, 5.74) is 2.50. The highest BCUT2D eigenvalue weighted by molar-refractivity contribution is 6.07. The van der Waals surface area contributed by atoms with Gasteiger partial charge in [-0.25, -0.2) is 0 Å². The molecule has 1 heterocycles. The normalized spacial score (nSPS) is 15.0. The summed E-state index contributed by atoms with van der Waals surface area (Å²) in [6.45, 7) is 3.61. The number of aliphatic carboxylic acids is 1. The maximum Gasteiger partial charge on any atom is 0.323 e. The number of rotatable bonds is 12. The standard InChI is InChI=1S/C28H33N3O7/c1-4-38-24-14-19(10-11-23(24)37-3)22(12-13-30(17(2)32)16-25(33)34)31-15-20-6-5-7-21(26(20)28(31)36)29-27(35)18-8-9-18/h5-7,10-11,14,18,22H,4,8-9,12-13,15-16H2,1-3H3,(H,29,35)(H,33,34). The number of nitrogens with zero attached hydrogens (tertiary/aromatic N) is 2. The molecule has 1 aliphatic heterocycles. The third-order valence-electron chi connectivity index (χ3n) is 6.86. The van der Waals surface area contributed by atoms with E-state index in [0.717, 1.165) is 24.0 Å². The number of benzene rings is 2. The number of carboxylic acid groups (broad SMARTS) is 1. The highest BCUT2D eigenvalue weighted by atomic mass is 16.5. The quantitative estimate of drug-likeness (QED) is 0.436. The number of hydrogen-bond donors (Lipinski definition) is 2. The molecule has 10 heteroatoms. The van der Waals surface area contributed by atoms with Crippen LogP contribution >= 0.6 is 0 Å². The number of hydrogen-bond acceptors (Lipinski definition) is 6. The van der Waals surface area contributed by atoms with Gasteiger partial charge in [0.25, 0.3) is 5.91 Å². The lowest BCUT2D eigenvalue weighted by Crippen LogP contribution is -2.38. The van der Waals surface area contributed by atoms with Crippen LogP contribution in [0.15, 0.2) is 36.4 Å². The average Bonchev–Trinajstić information content (AvgIpc) is 3.68. The fraction of sp³-hybridized carbons (Fsp3) is 0.429. The summed E-state index contributed by atoms with van der Waals surface area (Å²) in [7, 11) is 1.55. The minimum Gasteiger partial charge on any atom is -0.493 e. The number of anilines is 1. The molecule has 1 saturated carbocycles. The van der Waals surface area contributed by atoms with E-state index in [1.54, 1.807) is 24.1 Å². The summed E-state index contributed by atoms with van der Waals surface area (Å²) in [6.07, 6.45) is 2.01. The largest absolute Gasteiger partial charge is 0.493 e. The molecule has 4 rings (SSSR count). The number of ether oxygens (including phenoxy) is 2. The van der Waals surface area contributed by atoms with Gasteiger partial charge >= 0.3 is 5.97 Å². The van der Waals surface area contributed by atoms with Crippen LogP contribution in [-0.4, -0.2) is 65.4 Å². The first-order chi connectivity index (χ1) is 18.2. The molecule has 1 fully saturated rings. The van der Waals surface area contributed by atoms with Gasteiger partial charge in [0.15, 0.2) is 11.5 Å². The first-order valence-corrected chi connectivity index (χ1v) is 12.7. The van der Waals surface area contributed by atoms with Crippen molar-refractivity contribution in [1.82, 2.24) is 9.80 Å². The lowest BCUT2D eigenvalue weighted by atomic mass is 10.0. The second-order valence-electron chi connectivity index (χ2n) is 9.52. The van der Waals surface area contributed by atoms with Gasteiger partial charge in [-0.15, -0.1) is 0 Å². The van der Waals surface area contributed by atoms with Crippen molar-refractivity contribution in [3.63, 3.8) is 0 Å². The fourth-order valence-electron chi connectivity index (χ4n) is 4.78. The molecule has 3 amide bonds. The SMILES string of the molecule is CCOc1cc(C(CCN(CC(=O)O)C(C)=O)N2Cc3cccc(NC(=O)C4CC4)c3C2=O)ccc1OC. The lowest BCUT2D eigenvalue weighted by molar-refractivity contribution is -0.143. The predicted molar refractivity (Wildman–Crippen MR) is 139 cm³/mol. The van der Waals surface area contributed by atoms with Gasteiger partial charge in [0, 0.05) is 25.9 Å². The Morgan fingerprint density at radius 2 is 1.95 bits per heavy atom. The Bertz CT molecular complexity index is 1240. The zero-order valence-corrected chi connectivity index (χ0v) is 21.9.